The van der Waals surface area contributed by atoms with Gasteiger partial charge in [0.1, 0.15) is 6.10 Å². The highest BCUT2D eigenvalue weighted by molar-refractivity contribution is 5.76. The van der Waals surface area contributed by atoms with Gasteiger partial charge in [0.2, 0.25) is 11.7 Å². The minimum Gasteiger partial charge on any atom is -0.483 e. The average Bonchev–Trinajstić information content (AvgIpc) is 3.08. The molecule has 1 amide bonds. The molecule has 134 valence electrons. The summed E-state index contributed by atoms with van der Waals surface area (Å²) >= 11 is 0. The number of carbonyl (C=O) groups is 2. The van der Waals surface area contributed by atoms with Crippen molar-refractivity contribution in [2.75, 3.05) is 19.7 Å². The van der Waals surface area contributed by atoms with E-state index >= 15 is 0 Å². The number of hydrogen-bond donors (Lipinski definition) is 1. The zero-order valence-electron chi connectivity index (χ0n) is 14.0. The van der Waals surface area contributed by atoms with Crippen LogP contribution in [0.2, 0.25) is 0 Å². The second-order valence-corrected chi connectivity index (χ2v) is 5.43. The first-order valence-electron chi connectivity index (χ1n) is 7.89. The van der Waals surface area contributed by atoms with Crippen molar-refractivity contribution >= 4 is 12.4 Å². The monoisotopic (exact) mass is 347 g/mol. The molecule has 2 aromatic rings. The molecular formula is C16H21N5O4. The van der Waals surface area contributed by atoms with Gasteiger partial charge >= 0.3 is 0 Å². The molecule has 0 bridgehead atoms. The Hall–Kier alpha value is -2.81. The Morgan fingerprint density at radius 1 is 1.40 bits per heavy atom. The minimum atomic E-state index is -0.289. The van der Waals surface area contributed by atoms with E-state index < -0.39 is 0 Å². The second kappa shape index (κ2) is 9.48. The third-order valence-corrected chi connectivity index (χ3v) is 3.70. The molecule has 0 radical (unpaired) electrons. The fraction of sp³-hybridized carbons (Fsp3) is 0.438. The van der Waals surface area contributed by atoms with Crippen LogP contribution in [-0.2, 0) is 27.8 Å². The van der Waals surface area contributed by atoms with Crippen molar-refractivity contribution in [2.45, 2.75) is 18.9 Å². The average molecular weight is 347 g/mol. The normalized spacial score (nSPS) is 16.7. The molecule has 1 saturated heterocycles. The Bertz CT molecular complexity index is 676. The maximum absolute atomic E-state index is 12.4. The van der Waals surface area contributed by atoms with Gasteiger partial charge in [-0.1, -0.05) is 30.3 Å². The van der Waals surface area contributed by atoms with Crippen LogP contribution in [0.25, 0.3) is 0 Å². The molecule has 1 aliphatic heterocycles. The first-order valence-corrected chi connectivity index (χ1v) is 7.89. The number of rotatable bonds is 4. The van der Waals surface area contributed by atoms with Gasteiger partial charge in [0.15, 0.2) is 0 Å². The molecule has 9 heteroatoms. The van der Waals surface area contributed by atoms with Gasteiger partial charge in [-0.05, 0) is 17.2 Å². The Balaban J connectivity index is 0.000000701. The number of aromatic nitrogens is 4. The highest BCUT2D eigenvalue weighted by atomic mass is 16.5. The third kappa shape index (κ3) is 5.64. The zero-order chi connectivity index (χ0) is 18.1. The van der Waals surface area contributed by atoms with Crippen LogP contribution in [0.15, 0.2) is 30.3 Å². The van der Waals surface area contributed by atoms with Gasteiger partial charge in [-0.25, -0.2) is 0 Å². The Morgan fingerprint density at radius 2 is 2.12 bits per heavy atom. The molecule has 25 heavy (non-hydrogen) atoms. The van der Waals surface area contributed by atoms with Crippen molar-refractivity contribution < 1.29 is 19.4 Å². The largest absolute Gasteiger partial charge is 0.483 e. The van der Waals surface area contributed by atoms with Crippen molar-refractivity contribution in [2.24, 2.45) is 7.05 Å². The molecule has 1 aromatic heterocycles. The van der Waals surface area contributed by atoms with Crippen LogP contribution < -0.4 is 0 Å². The molecule has 1 aliphatic rings. The molecule has 2 heterocycles. The number of ether oxygens (including phenoxy) is 1. The lowest BCUT2D eigenvalue weighted by atomic mass is 10.1. The van der Waals surface area contributed by atoms with Gasteiger partial charge < -0.3 is 14.7 Å². The van der Waals surface area contributed by atoms with Gasteiger partial charge in [-0.3, -0.25) is 9.59 Å². The van der Waals surface area contributed by atoms with Gasteiger partial charge in [-0.2, -0.15) is 4.80 Å². The molecular weight excluding hydrogens is 326 g/mol. The predicted molar refractivity (Wildman–Crippen MR) is 87.5 cm³/mol. The number of benzene rings is 1. The number of hydrogen-bond acceptors (Lipinski definition) is 6. The van der Waals surface area contributed by atoms with E-state index in [0.717, 1.165) is 6.42 Å². The van der Waals surface area contributed by atoms with Crippen LogP contribution >= 0.6 is 0 Å². The lowest BCUT2D eigenvalue weighted by molar-refractivity contribution is -0.139. The number of amides is 1. The Labute approximate surface area is 145 Å². The van der Waals surface area contributed by atoms with E-state index in [2.05, 4.69) is 15.4 Å². The van der Waals surface area contributed by atoms with Crippen LogP contribution in [0, 0.1) is 0 Å². The van der Waals surface area contributed by atoms with E-state index in [-0.39, 0.29) is 18.5 Å². The highest BCUT2D eigenvalue weighted by Gasteiger charge is 2.28. The summed E-state index contributed by atoms with van der Waals surface area (Å²) in [6, 6.07) is 10.0. The zero-order valence-corrected chi connectivity index (χ0v) is 14.0. The van der Waals surface area contributed by atoms with Crippen molar-refractivity contribution in [3.63, 3.8) is 0 Å². The molecule has 1 fully saturated rings. The lowest BCUT2D eigenvalue weighted by Crippen LogP contribution is -2.42. The molecule has 1 aromatic carbocycles. The van der Waals surface area contributed by atoms with E-state index in [1.807, 2.05) is 35.2 Å². The van der Waals surface area contributed by atoms with E-state index in [4.69, 9.17) is 14.6 Å². The smallest absolute Gasteiger partial charge is 0.290 e. The highest BCUT2D eigenvalue weighted by Crippen LogP contribution is 2.19. The number of carboxylic acid groups (broad SMARTS) is 1. The quantitative estimate of drug-likeness (QED) is 0.799. The van der Waals surface area contributed by atoms with Crippen LogP contribution in [0.3, 0.4) is 0 Å². The van der Waals surface area contributed by atoms with Crippen LogP contribution in [0.1, 0.15) is 23.9 Å². The van der Waals surface area contributed by atoms with Gasteiger partial charge in [-0.15, -0.1) is 10.2 Å². The van der Waals surface area contributed by atoms with Crippen LogP contribution in [0.5, 0.6) is 0 Å². The molecule has 9 nitrogen and oxygen atoms in total. The lowest BCUT2D eigenvalue weighted by Gasteiger charge is -2.31. The van der Waals surface area contributed by atoms with Crippen LogP contribution in [0.4, 0.5) is 0 Å². The Kier molecular flexibility index (Phi) is 7.02. The third-order valence-electron chi connectivity index (χ3n) is 3.70. The molecule has 1 unspecified atom stereocenters. The predicted octanol–water partition coefficient (Wildman–Crippen LogP) is 0.444. The summed E-state index contributed by atoms with van der Waals surface area (Å²) in [5.41, 5.74) is 1.18. The first-order chi connectivity index (χ1) is 12.1. The summed E-state index contributed by atoms with van der Waals surface area (Å²) in [4.78, 5) is 23.9. The minimum absolute atomic E-state index is 0.140. The fourth-order valence-electron chi connectivity index (χ4n) is 2.51. The molecule has 1 N–H and O–H groups in total. The van der Waals surface area contributed by atoms with E-state index in [0.29, 0.717) is 31.9 Å². The van der Waals surface area contributed by atoms with E-state index in [9.17, 15) is 4.79 Å². The van der Waals surface area contributed by atoms with Crippen molar-refractivity contribution in [3.05, 3.63) is 41.7 Å². The summed E-state index contributed by atoms with van der Waals surface area (Å²) in [6.45, 7) is 1.35. The Morgan fingerprint density at radius 3 is 2.76 bits per heavy atom. The van der Waals surface area contributed by atoms with Crippen molar-refractivity contribution in [3.8, 4) is 0 Å². The molecule has 3 rings (SSSR count). The molecule has 0 aliphatic carbocycles. The fourth-order valence-corrected chi connectivity index (χ4v) is 2.51. The summed E-state index contributed by atoms with van der Waals surface area (Å²) in [6.07, 6.45) is 0.971. The molecule has 0 spiro atoms. The van der Waals surface area contributed by atoms with Crippen molar-refractivity contribution in [1.82, 2.24) is 25.1 Å². The maximum Gasteiger partial charge on any atom is 0.290 e. The molecule has 1 atom stereocenters. The number of morpholine rings is 1. The topological polar surface area (TPSA) is 110 Å². The van der Waals surface area contributed by atoms with Gasteiger partial charge in [0, 0.05) is 13.0 Å². The summed E-state index contributed by atoms with van der Waals surface area (Å²) in [5, 5.41) is 18.8. The number of aryl methyl sites for hydroxylation is 2. The summed E-state index contributed by atoms with van der Waals surface area (Å²) in [5.74, 6) is 0.670. The van der Waals surface area contributed by atoms with Crippen LogP contribution in [-0.4, -0.2) is 62.3 Å². The number of carbonyl (C=O) groups excluding carboxylic acids is 1. The maximum atomic E-state index is 12.4. The number of nitrogens with zero attached hydrogens (tertiary/aromatic N) is 5. The SMILES string of the molecule is Cn1nnc(C2CN(C(=O)CCc3ccccc3)CCO2)n1.O=CO. The summed E-state index contributed by atoms with van der Waals surface area (Å²) < 4.78 is 5.65. The standard InChI is InChI=1S/C15H19N5O2.CH2O2/c1-19-17-15(16-18-19)13-11-20(9-10-22-13)14(21)8-7-12-5-3-2-4-6-12;2-1-3/h2-6,13H,7-11H2,1H3;1H,(H,2,3). The van der Waals surface area contributed by atoms with Gasteiger partial charge in [0.25, 0.3) is 6.47 Å². The first kappa shape index (κ1) is 18.5. The van der Waals surface area contributed by atoms with E-state index in [1.165, 1.54) is 10.4 Å². The number of tetrazole rings is 1. The van der Waals surface area contributed by atoms with Gasteiger partial charge in [0.05, 0.1) is 20.2 Å². The molecule has 0 saturated carbocycles. The van der Waals surface area contributed by atoms with E-state index in [1.54, 1.807) is 7.05 Å². The van der Waals surface area contributed by atoms with Crippen molar-refractivity contribution in [1.29, 1.82) is 0 Å². The second-order valence-electron chi connectivity index (χ2n) is 5.43. The summed E-state index contributed by atoms with van der Waals surface area (Å²) in [7, 11) is 1.71.